The molecular formula is C13H15Cl2NO2. The van der Waals surface area contributed by atoms with E-state index in [1.807, 2.05) is 12.2 Å². The molecule has 0 aliphatic heterocycles. The van der Waals surface area contributed by atoms with Gasteiger partial charge in [-0.25, -0.2) is 0 Å². The van der Waals surface area contributed by atoms with Crippen LogP contribution in [0.2, 0.25) is 10.0 Å². The lowest BCUT2D eigenvalue weighted by molar-refractivity contribution is 0.246. The second kappa shape index (κ2) is 5.93. The molecule has 98 valence electrons. The minimum absolute atomic E-state index is 0.0641. The van der Waals surface area contributed by atoms with Gasteiger partial charge in [-0.3, -0.25) is 0 Å². The lowest BCUT2D eigenvalue weighted by Crippen LogP contribution is -2.26. The van der Waals surface area contributed by atoms with Crippen molar-refractivity contribution in [3.05, 3.63) is 39.9 Å². The van der Waals surface area contributed by atoms with Crippen molar-refractivity contribution >= 4 is 23.2 Å². The summed E-state index contributed by atoms with van der Waals surface area (Å²) in [6, 6.07) is 3.41. The molecule has 0 unspecified atom stereocenters. The molecular weight excluding hydrogens is 273 g/mol. The lowest BCUT2D eigenvalue weighted by atomic mass is 10.1. The number of aromatic hydroxyl groups is 1. The molecule has 18 heavy (non-hydrogen) atoms. The van der Waals surface area contributed by atoms with Gasteiger partial charge >= 0.3 is 0 Å². The maximum atomic E-state index is 9.81. The first-order valence-electron chi connectivity index (χ1n) is 5.79. The molecule has 0 aromatic heterocycles. The van der Waals surface area contributed by atoms with E-state index in [1.54, 1.807) is 6.07 Å². The molecule has 2 atom stereocenters. The van der Waals surface area contributed by atoms with Crippen LogP contribution in [0.15, 0.2) is 24.3 Å². The molecule has 0 heterocycles. The molecule has 0 amide bonds. The van der Waals surface area contributed by atoms with Crippen LogP contribution in [0.4, 0.5) is 0 Å². The number of rotatable bonds is 4. The van der Waals surface area contributed by atoms with Crippen molar-refractivity contribution in [3.8, 4) is 5.75 Å². The molecule has 1 aromatic rings. The van der Waals surface area contributed by atoms with Crippen LogP contribution >= 0.6 is 23.2 Å². The zero-order valence-corrected chi connectivity index (χ0v) is 11.2. The van der Waals surface area contributed by atoms with Crippen molar-refractivity contribution < 1.29 is 10.2 Å². The highest BCUT2D eigenvalue weighted by Crippen LogP contribution is 2.31. The molecule has 0 saturated heterocycles. The van der Waals surface area contributed by atoms with Gasteiger partial charge in [0.1, 0.15) is 5.75 Å². The predicted octanol–water partition coefficient (Wildman–Crippen LogP) is 2.73. The van der Waals surface area contributed by atoms with Crippen LogP contribution in [0.3, 0.4) is 0 Å². The standard InChI is InChI=1S/C13H15Cl2NO2/c14-10-4-9(13(18)12(15)5-10)6-16-11-2-1-8(3-11)7-17/h1-2,4-5,8,11,16-18H,3,6-7H2/t8-,11+/m0/s1. The summed E-state index contributed by atoms with van der Waals surface area (Å²) in [5, 5.41) is 22.9. The van der Waals surface area contributed by atoms with Crippen molar-refractivity contribution in [2.45, 2.75) is 19.0 Å². The zero-order valence-electron chi connectivity index (χ0n) is 9.74. The van der Waals surface area contributed by atoms with E-state index in [9.17, 15) is 5.11 Å². The second-order valence-corrected chi connectivity index (χ2v) is 5.29. The number of hydrogen-bond donors (Lipinski definition) is 3. The molecule has 3 nitrogen and oxygen atoms in total. The largest absolute Gasteiger partial charge is 0.506 e. The number of hydrogen-bond acceptors (Lipinski definition) is 3. The van der Waals surface area contributed by atoms with Crippen molar-refractivity contribution in [1.29, 1.82) is 0 Å². The number of halogens is 2. The van der Waals surface area contributed by atoms with E-state index in [0.717, 1.165) is 6.42 Å². The maximum absolute atomic E-state index is 9.81. The molecule has 0 saturated carbocycles. The van der Waals surface area contributed by atoms with Gasteiger partial charge in [0.15, 0.2) is 0 Å². The van der Waals surface area contributed by atoms with Crippen molar-refractivity contribution in [2.24, 2.45) is 5.92 Å². The molecule has 1 aromatic carbocycles. The Bertz CT molecular complexity index is 463. The minimum Gasteiger partial charge on any atom is -0.506 e. The Balaban J connectivity index is 1.97. The zero-order chi connectivity index (χ0) is 13.1. The van der Waals surface area contributed by atoms with E-state index in [4.69, 9.17) is 28.3 Å². The van der Waals surface area contributed by atoms with Crippen LogP contribution in [0, 0.1) is 5.92 Å². The third-order valence-electron chi connectivity index (χ3n) is 3.07. The monoisotopic (exact) mass is 287 g/mol. The van der Waals surface area contributed by atoms with E-state index >= 15 is 0 Å². The summed E-state index contributed by atoms with van der Waals surface area (Å²) in [5.74, 6) is 0.285. The Morgan fingerprint density at radius 1 is 1.28 bits per heavy atom. The van der Waals surface area contributed by atoms with Gasteiger partial charge in [0.2, 0.25) is 0 Å². The Labute approximate surface area is 116 Å². The third kappa shape index (κ3) is 3.18. The Hall–Kier alpha value is -0.740. The number of phenolic OH excluding ortho intramolecular Hbond substituents is 1. The van der Waals surface area contributed by atoms with Gasteiger partial charge in [0.25, 0.3) is 0 Å². The molecule has 1 aliphatic rings. The number of benzene rings is 1. The Morgan fingerprint density at radius 2 is 2.06 bits per heavy atom. The predicted molar refractivity (Wildman–Crippen MR) is 73.1 cm³/mol. The fourth-order valence-electron chi connectivity index (χ4n) is 2.06. The Kier molecular flexibility index (Phi) is 4.51. The normalized spacial score (nSPS) is 22.6. The fourth-order valence-corrected chi connectivity index (χ4v) is 2.59. The fraction of sp³-hybridized carbons (Fsp3) is 0.385. The van der Waals surface area contributed by atoms with Gasteiger partial charge in [0.05, 0.1) is 5.02 Å². The molecule has 3 N–H and O–H groups in total. The highest BCUT2D eigenvalue weighted by molar-refractivity contribution is 6.35. The van der Waals surface area contributed by atoms with Gasteiger partial charge in [0, 0.05) is 35.7 Å². The van der Waals surface area contributed by atoms with Crippen LogP contribution in [-0.2, 0) is 6.54 Å². The highest BCUT2D eigenvalue weighted by atomic mass is 35.5. The van der Waals surface area contributed by atoms with Crippen LogP contribution in [-0.4, -0.2) is 22.9 Å². The highest BCUT2D eigenvalue weighted by Gasteiger charge is 2.18. The SMILES string of the molecule is OC[C@H]1C=C[C@@H](NCc2cc(Cl)cc(Cl)c2O)C1. The summed E-state index contributed by atoms with van der Waals surface area (Å²) in [6.45, 7) is 0.655. The first-order valence-corrected chi connectivity index (χ1v) is 6.55. The summed E-state index contributed by atoms with van der Waals surface area (Å²) < 4.78 is 0. The average molecular weight is 288 g/mol. The molecule has 2 rings (SSSR count). The van der Waals surface area contributed by atoms with Gasteiger partial charge in [-0.15, -0.1) is 0 Å². The first-order chi connectivity index (χ1) is 8.60. The van der Waals surface area contributed by atoms with E-state index in [1.165, 1.54) is 6.07 Å². The van der Waals surface area contributed by atoms with E-state index in [-0.39, 0.29) is 29.3 Å². The van der Waals surface area contributed by atoms with Gasteiger partial charge in [-0.1, -0.05) is 35.4 Å². The quantitative estimate of drug-likeness (QED) is 0.747. The average Bonchev–Trinajstić information content (AvgIpc) is 2.80. The van der Waals surface area contributed by atoms with E-state index in [2.05, 4.69) is 5.32 Å². The molecule has 1 aliphatic carbocycles. The van der Waals surface area contributed by atoms with Crippen LogP contribution in [0.25, 0.3) is 0 Å². The van der Waals surface area contributed by atoms with Crippen LogP contribution in [0.5, 0.6) is 5.75 Å². The van der Waals surface area contributed by atoms with Crippen LogP contribution < -0.4 is 5.32 Å². The second-order valence-electron chi connectivity index (χ2n) is 4.45. The number of phenols is 1. The Morgan fingerprint density at radius 3 is 2.72 bits per heavy atom. The topological polar surface area (TPSA) is 52.5 Å². The van der Waals surface area contributed by atoms with E-state index in [0.29, 0.717) is 17.1 Å². The summed E-state index contributed by atoms with van der Waals surface area (Å²) in [5.41, 5.74) is 0.674. The molecule has 5 heteroatoms. The lowest BCUT2D eigenvalue weighted by Gasteiger charge is -2.14. The first kappa shape index (κ1) is 13.7. The maximum Gasteiger partial charge on any atom is 0.138 e. The third-order valence-corrected chi connectivity index (χ3v) is 3.57. The van der Waals surface area contributed by atoms with Gasteiger partial charge in [-0.2, -0.15) is 0 Å². The molecule has 0 fully saturated rings. The van der Waals surface area contributed by atoms with Gasteiger partial charge < -0.3 is 15.5 Å². The van der Waals surface area contributed by atoms with E-state index < -0.39 is 0 Å². The van der Waals surface area contributed by atoms with Crippen molar-refractivity contribution in [2.75, 3.05) is 6.61 Å². The van der Waals surface area contributed by atoms with Gasteiger partial charge in [-0.05, 0) is 18.6 Å². The van der Waals surface area contributed by atoms with Crippen molar-refractivity contribution in [3.63, 3.8) is 0 Å². The summed E-state index contributed by atoms with van der Waals surface area (Å²) in [6.07, 6.45) is 4.90. The molecule has 0 bridgehead atoms. The summed E-state index contributed by atoms with van der Waals surface area (Å²) in [7, 11) is 0. The number of aliphatic hydroxyl groups excluding tert-OH is 1. The summed E-state index contributed by atoms with van der Waals surface area (Å²) >= 11 is 11.7. The summed E-state index contributed by atoms with van der Waals surface area (Å²) in [4.78, 5) is 0. The smallest absolute Gasteiger partial charge is 0.138 e. The number of nitrogens with one attached hydrogen (secondary N) is 1. The molecule has 0 spiro atoms. The molecule has 0 radical (unpaired) electrons. The van der Waals surface area contributed by atoms with Crippen molar-refractivity contribution in [1.82, 2.24) is 5.32 Å². The van der Waals surface area contributed by atoms with Crippen LogP contribution in [0.1, 0.15) is 12.0 Å². The number of aliphatic hydroxyl groups is 1. The minimum atomic E-state index is 0.0641.